The van der Waals surface area contributed by atoms with E-state index < -0.39 is 5.97 Å². The molecule has 0 aromatic rings. The third-order valence-corrected chi connectivity index (χ3v) is 1.16. The van der Waals surface area contributed by atoms with Crippen LogP contribution in [0.5, 0.6) is 0 Å². The number of hydrogen-bond donors (Lipinski definition) is 1. The molecule has 0 aliphatic rings. The number of amides is 1. The van der Waals surface area contributed by atoms with Crippen LogP contribution >= 0.6 is 0 Å². The Morgan fingerprint density at radius 1 is 1.58 bits per heavy atom. The molecule has 4 nitrogen and oxygen atoms in total. The second-order valence-corrected chi connectivity index (χ2v) is 2.08. The van der Waals surface area contributed by atoms with Crippen LogP contribution in [0.25, 0.3) is 0 Å². The standard InChI is InChI=1S/C8H13NO3/c1-3-7(10)9-5-6-12-8(11)4-2/h4H,2-3,5-6H2,1H3,(H,9,10). The van der Waals surface area contributed by atoms with Gasteiger partial charge in [0.15, 0.2) is 0 Å². The quantitative estimate of drug-likeness (QED) is 0.366. The predicted octanol–water partition coefficient (Wildman–Crippen LogP) is 0.242. The minimum Gasteiger partial charge on any atom is -0.461 e. The van der Waals surface area contributed by atoms with E-state index in [1.54, 1.807) is 6.92 Å². The minimum absolute atomic E-state index is 0.0512. The molecule has 0 atom stereocenters. The summed E-state index contributed by atoms with van der Waals surface area (Å²) in [6.07, 6.45) is 1.52. The molecular formula is C8H13NO3. The molecule has 0 radical (unpaired) electrons. The Bertz CT molecular complexity index is 177. The Morgan fingerprint density at radius 2 is 2.25 bits per heavy atom. The number of esters is 1. The van der Waals surface area contributed by atoms with Gasteiger partial charge in [0.05, 0.1) is 6.54 Å². The maximum atomic E-state index is 10.7. The van der Waals surface area contributed by atoms with E-state index in [2.05, 4.69) is 16.6 Å². The van der Waals surface area contributed by atoms with E-state index in [4.69, 9.17) is 0 Å². The number of carbonyl (C=O) groups is 2. The van der Waals surface area contributed by atoms with Crippen LogP contribution in [0.1, 0.15) is 13.3 Å². The third kappa shape index (κ3) is 5.46. The van der Waals surface area contributed by atoms with Gasteiger partial charge in [0.2, 0.25) is 5.91 Å². The van der Waals surface area contributed by atoms with Gasteiger partial charge in [-0.05, 0) is 0 Å². The molecule has 0 bridgehead atoms. The average molecular weight is 171 g/mol. The van der Waals surface area contributed by atoms with E-state index in [0.29, 0.717) is 13.0 Å². The van der Waals surface area contributed by atoms with Gasteiger partial charge >= 0.3 is 5.97 Å². The zero-order valence-corrected chi connectivity index (χ0v) is 7.13. The number of nitrogens with one attached hydrogen (secondary N) is 1. The van der Waals surface area contributed by atoms with Crippen LogP contribution in [0.2, 0.25) is 0 Å². The van der Waals surface area contributed by atoms with E-state index in [0.717, 1.165) is 6.08 Å². The second kappa shape index (κ2) is 6.39. The summed E-state index contributed by atoms with van der Waals surface area (Å²) in [4.78, 5) is 21.1. The van der Waals surface area contributed by atoms with Gasteiger partial charge in [-0.1, -0.05) is 13.5 Å². The minimum atomic E-state index is -0.472. The van der Waals surface area contributed by atoms with Crippen LogP contribution in [0.3, 0.4) is 0 Å². The lowest BCUT2D eigenvalue weighted by Crippen LogP contribution is -2.26. The first-order valence-corrected chi connectivity index (χ1v) is 3.76. The lowest BCUT2D eigenvalue weighted by atomic mass is 10.4. The van der Waals surface area contributed by atoms with Crippen molar-refractivity contribution in [1.29, 1.82) is 0 Å². The summed E-state index contributed by atoms with van der Waals surface area (Å²) in [7, 11) is 0. The van der Waals surface area contributed by atoms with Gasteiger partial charge in [0, 0.05) is 12.5 Å². The van der Waals surface area contributed by atoms with Crippen LogP contribution in [0, 0.1) is 0 Å². The molecule has 0 aromatic heterocycles. The van der Waals surface area contributed by atoms with E-state index >= 15 is 0 Å². The van der Waals surface area contributed by atoms with Gasteiger partial charge in [-0.3, -0.25) is 4.79 Å². The first-order chi connectivity index (χ1) is 5.70. The third-order valence-electron chi connectivity index (χ3n) is 1.16. The molecular weight excluding hydrogens is 158 g/mol. The highest BCUT2D eigenvalue weighted by molar-refractivity contribution is 5.81. The highest BCUT2D eigenvalue weighted by atomic mass is 16.5. The molecule has 0 saturated heterocycles. The molecule has 12 heavy (non-hydrogen) atoms. The maximum Gasteiger partial charge on any atom is 0.330 e. The largest absolute Gasteiger partial charge is 0.461 e. The first-order valence-electron chi connectivity index (χ1n) is 3.76. The van der Waals surface area contributed by atoms with E-state index in [-0.39, 0.29) is 12.5 Å². The van der Waals surface area contributed by atoms with Gasteiger partial charge < -0.3 is 10.1 Å². The van der Waals surface area contributed by atoms with Gasteiger partial charge in [-0.2, -0.15) is 0 Å². The lowest BCUT2D eigenvalue weighted by molar-refractivity contribution is -0.138. The molecule has 0 rings (SSSR count). The molecule has 1 N–H and O–H groups in total. The Labute approximate surface area is 71.6 Å². The highest BCUT2D eigenvalue weighted by Gasteiger charge is 1.97. The maximum absolute atomic E-state index is 10.7. The Morgan fingerprint density at radius 3 is 2.75 bits per heavy atom. The summed E-state index contributed by atoms with van der Waals surface area (Å²) in [5, 5.41) is 2.56. The summed E-state index contributed by atoms with van der Waals surface area (Å²) in [5.74, 6) is -0.523. The summed E-state index contributed by atoms with van der Waals surface area (Å²) in [6, 6.07) is 0. The summed E-state index contributed by atoms with van der Waals surface area (Å²) in [6.45, 7) is 5.53. The van der Waals surface area contributed by atoms with Gasteiger partial charge in [-0.15, -0.1) is 0 Å². The van der Waals surface area contributed by atoms with Crippen LogP contribution in [-0.4, -0.2) is 25.0 Å². The molecule has 4 heteroatoms. The fourth-order valence-corrected chi connectivity index (χ4v) is 0.526. The van der Waals surface area contributed by atoms with Crippen molar-refractivity contribution in [3.63, 3.8) is 0 Å². The van der Waals surface area contributed by atoms with E-state index in [9.17, 15) is 9.59 Å². The van der Waals surface area contributed by atoms with Crippen LogP contribution in [-0.2, 0) is 14.3 Å². The summed E-state index contributed by atoms with van der Waals surface area (Å²) >= 11 is 0. The van der Waals surface area contributed by atoms with Crippen molar-refractivity contribution < 1.29 is 14.3 Å². The molecule has 0 fully saturated rings. The molecule has 0 spiro atoms. The second-order valence-electron chi connectivity index (χ2n) is 2.08. The fourth-order valence-electron chi connectivity index (χ4n) is 0.526. The fraction of sp³-hybridized carbons (Fsp3) is 0.500. The van der Waals surface area contributed by atoms with Gasteiger partial charge in [0.1, 0.15) is 6.61 Å². The monoisotopic (exact) mass is 171 g/mol. The molecule has 0 aliphatic carbocycles. The van der Waals surface area contributed by atoms with Gasteiger partial charge in [0.25, 0.3) is 0 Å². The van der Waals surface area contributed by atoms with Crippen molar-refractivity contribution in [2.75, 3.05) is 13.2 Å². The molecule has 0 saturated carbocycles. The zero-order chi connectivity index (χ0) is 9.40. The van der Waals surface area contributed by atoms with Gasteiger partial charge in [-0.25, -0.2) is 4.79 Å². The average Bonchev–Trinajstić information content (AvgIpc) is 2.11. The smallest absolute Gasteiger partial charge is 0.330 e. The Balaban J connectivity index is 3.27. The topological polar surface area (TPSA) is 55.4 Å². The Kier molecular flexibility index (Phi) is 5.69. The van der Waals surface area contributed by atoms with E-state index in [1.165, 1.54) is 0 Å². The first kappa shape index (κ1) is 10.7. The number of hydrogen-bond acceptors (Lipinski definition) is 3. The number of carbonyl (C=O) groups excluding carboxylic acids is 2. The van der Waals surface area contributed by atoms with Crippen LogP contribution in [0.4, 0.5) is 0 Å². The predicted molar refractivity (Wildman–Crippen MR) is 44.5 cm³/mol. The number of rotatable bonds is 5. The molecule has 68 valence electrons. The van der Waals surface area contributed by atoms with Crippen molar-refractivity contribution in [3.8, 4) is 0 Å². The molecule has 0 unspecified atom stereocenters. The summed E-state index contributed by atoms with van der Waals surface area (Å²) in [5.41, 5.74) is 0. The van der Waals surface area contributed by atoms with Crippen molar-refractivity contribution in [2.24, 2.45) is 0 Å². The van der Waals surface area contributed by atoms with Crippen molar-refractivity contribution in [1.82, 2.24) is 5.32 Å². The van der Waals surface area contributed by atoms with Crippen molar-refractivity contribution >= 4 is 11.9 Å². The van der Waals surface area contributed by atoms with E-state index in [1.807, 2.05) is 0 Å². The highest BCUT2D eigenvalue weighted by Crippen LogP contribution is 1.78. The molecule has 0 heterocycles. The van der Waals surface area contributed by atoms with Crippen LogP contribution in [0.15, 0.2) is 12.7 Å². The zero-order valence-electron chi connectivity index (χ0n) is 7.13. The van der Waals surface area contributed by atoms with Crippen LogP contribution < -0.4 is 5.32 Å². The Hall–Kier alpha value is -1.32. The molecule has 1 amide bonds. The summed E-state index contributed by atoms with van der Waals surface area (Å²) < 4.78 is 4.61. The van der Waals surface area contributed by atoms with Crippen molar-refractivity contribution in [3.05, 3.63) is 12.7 Å². The molecule has 0 aliphatic heterocycles. The number of ether oxygens (including phenoxy) is 1. The SMILES string of the molecule is C=CC(=O)OCCNC(=O)CC. The lowest BCUT2D eigenvalue weighted by Gasteiger charge is -2.02. The molecule has 0 aromatic carbocycles. The normalized spacial score (nSPS) is 8.75. The van der Waals surface area contributed by atoms with Crippen molar-refractivity contribution in [2.45, 2.75) is 13.3 Å².